The molecule has 3 N–H and O–H groups in total. The molecule has 0 aliphatic heterocycles. The lowest BCUT2D eigenvalue weighted by atomic mass is 9.96. The van der Waals surface area contributed by atoms with Crippen LogP contribution in [-0.4, -0.2) is 33.2 Å². The second-order valence-electron chi connectivity index (χ2n) is 2.70. The van der Waals surface area contributed by atoms with Gasteiger partial charge in [-0.25, -0.2) is 0 Å². The van der Waals surface area contributed by atoms with Crippen molar-refractivity contribution in [3.05, 3.63) is 0 Å². The maximum atomic E-state index is 10.3. The van der Waals surface area contributed by atoms with E-state index in [1.54, 1.807) is 0 Å². The molecular formula is C7H10O6. The van der Waals surface area contributed by atoms with Gasteiger partial charge in [-0.1, -0.05) is 6.92 Å². The average Bonchev–Trinajstić information content (AvgIpc) is 1.97. The van der Waals surface area contributed by atoms with Gasteiger partial charge in [0.15, 0.2) is 5.92 Å². The lowest BCUT2D eigenvalue weighted by Gasteiger charge is -2.09. The van der Waals surface area contributed by atoms with Crippen molar-refractivity contribution in [2.24, 2.45) is 11.8 Å². The van der Waals surface area contributed by atoms with E-state index in [4.69, 9.17) is 15.3 Å². The SMILES string of the molecule is CC(CC(C(=O)O)C(=O)O)C(=O)O. The fourth-order valence-corrected chi connectivity index (χ4v) is 0.762. The van der Waals surface area contributed by atoms with Gasteiger partial charge in [0.25, 0.3) is 0 Å². The topological polar surface area (TPSA) is 112 Å². The average molecular weight is 190 g/mol. The van der Waals surface area contributed by atoms with Crippen molar-refractivity contribution in [1.82, 2.24) is 0 Å². The standard InChI is InChI=1S/C7H10O6/c1-3(5(8)9)2-4(6(10)11)7(12)13/h3-4H,2H2,1H3,(H,8,9)(H,10,11)(H,12,13). The summed E-state index contributed by atoms with van der Waals surface area (Å²) in [4.78, 5) is 30.9. The molecule has 0 aromatic heterocycles. The predicted octanol–water partition coefficient (Wildman–Crippen LogP) is -0.117. The molecule has 13 heavy (non-hydrogen) atoms. The van der Waals surface area contributed by atoms with Crippen LogP contribution in [0.2, 0.25) is 0 Å². The molecule has 0 amide bonds. The van der Waals surface area contributed by atoms with Crippen molar-refractivity contribution < 1.29 is 29.7 Å². The van der Waals surface area contributed by atoms with Gasteiger partial charge < -0.3 is 15.3 Å². The molecule has 0 spiro atoms. The van der Waals surface area contributed by atoms with E-state index in [-0.39, 0.29) is 0 Å². The summed E-state index contributed by atoms with van der Waals surface area (Å²) in [5.41, 5.74) is 0. The van der Waals surface area contributed by atoms with Crippen LogP contribution in [0.15, 0.2) is 0 Å². The summed E-state index contributed by atoms with van der Waals surface area (Å²) >= 11 is 0. The number of rotatable bonds is 5. The lowest BCUT2D eigenvalue weighted by molar-refractivity contribution is -0.156. The Morgan fingerprint density at radius 2 is 1.38 bits per heavy atom. The molecule has 0 fully saturated rings. The molecule has 1 atom stereocenters. The first-order valence-corrected chi connectivity index (χ1v) is 3.54. The Morgan fingerprint density at radius 3 is 1.62 bits per heavy atom. The third-order valence-electron chi connectivity index (χ3n) is 1.61. The van der Waals surface area contributed by atoms with Gasteiger partial charge in [-0.05, 0) is 6.42 Å². The number of hydrogen-bond acceptors (Lipinski definition) is 3. The Kier molecular flexibility index (Phi) is 3.90. The third kappa shape index (κ3) is 3.55. The molecule has 0 aliphatic carbocycles. The number of carbonyl (C=O) groups is 3. The zero-order chi connectivity index (χ0) is 10.6. The molecule has 6 nitrogen and oxygen atoms in total. The summed E-state index contributed by atoms with van der Waals surface area (Å²) in [5.74, 6) is -6.85. The van der Waals surface area contributed by atoms with Crippen molar-refractivity contribution in [3.8, 4) is 0 Å². The highest BCUT2D eigenvalue weighted by molar-refractivity contribution is 5.93. The fourth-order valence-electron chi connectivity index (χ4n) is 0.762. The number of carboxylic acid groups (broad SMARTS) is 3. The first-order chi connectivity index (χ1) is 5.86. The Bertz CT molecular complexity index is 219. The molecule has 0 heterocycles. The van der Waals surface area contributed by atoms with Gasteiger partial charge in [-0.15, -0.1) is 0 Å². The quantitative estimate of drug-likeness (QED) is 0.521. The van der Waals surface area contributed by atoms with E-state index < -0.39 is 36.2 Å². The van der Waals surface area contributed by atoms with E-state index in [1.165, 1.54) is 6.92 Å². The number of aliphatic carboxylic acids is 3. The molecule has 0 bridgehead atoms. The molecule has 0 radical (unpaired) electrons. The predicted molar refractivity (Wildman–Crippen MR) is 40.2 cm³/mol. The molecule has 0 aliphatic rings. The minimum Gasteiger partial charge on any atom is -0.481 e. The van der Waals surface area contributed by atoms with Crippen LogP contribution in [0.25, 0.3) is 0 Å². The maximum absolute atomic E-state index is 10.3. The highest BCUT2D eigenvalue weighted by Gasteiger charge is 2.29. The van der Waals surface area contributed by atoms with Crippen molar-refractivity contribution in [1.29, 1.82) is 0 Å². The van der Waals surface area contributed by atoms with Crippen LogP contribution in [0.3, 0.4) is 0 Å². The molecular weight excluding hydrogens is 180 g/mol. The molecule has 74 valence electrons. The van der Waals surface area contributed by atoms with Gasteiger partial charge in [-0.2, -0.15) is 0 Å². The molecule has 0 saturated heterocycles. The Balaban J connectivity index is 4.35. The summed E-state index contributed by atoms with van der Waals surface area (Å²) in [7, 11) is 0. The van der Waals surface area contributed by atoms with Crippen LogP contribution in [0.4, 0.5) is 0 Å². The van der Waals surface area contributed by atoms with Crippen LogP contribution in [0.1, 0.15) is 13.3 Å². The van der Waals surface area contributed by atoms with E-state index in [0.29, 0.717) is 0 Å². The van der Waals surface area contributed by atoms with E-state index in [9.17, 15) is 14.4 Å². The van der Waals surface area contributed by atoms with Gasteiger partial charge in [0, 0.05) is 0 Å². The van der Waals surface area contributed by atoms with Crippen LogP contribution >= 0.6 is 0 Å². The van der Waals surface area contributed by atoms with Crippen molar-refractivity contribution in [2.45, 2.75) is 13.3 Å². The molecule has 6 heteroatoms. The third-order valence-corrected chi connectivity index (χ3v) is 1.61. The Labute approximate surface area is 73.8 Å². The van der Waals surface area contributed by atoms with Gasteiger partial charge in [0.05, 0.1) is 5.92 Å². The van der Waals surface area contributed by atoms with Crippen LogP contribution in [0.5, 0.6) is 0 Å². The number of carboxylic acids is 3. The molecule has 0 saturated carbocycles. The summed E-state index contributed by atoms with van der Waals surface area (Å²) < 4.78 is 0. The highest BCUT2D eigenvalue weighted by atomic mass is 16.4. The summed E-state index contributed by atoms with van der Waals surface area (Å²) in [6.07, 6.45) is -0.403. The van der Waals surface area contributed by atoms with Gasteiger partial charge >= 0.3 is 17.9 Å². The van der Waals surface area contributed by atoms with Crippen LogP contribution in [-0.2, 0) is 14.4 Å². The first kappa shape index (κ1) is 11.4. The summed E-state index contributed by atoms with van der Waals surface area (Å²) in [6, 6.07) is 0. The molecule has 1 unspecified atom stereocenters. The summed E-state index contributed by atoms with van der Waals surface area (Å²) in [6.45, 7) is 1.27. The van der Waals surface area contributed by atoms with E-state index >= 15 is 0 Å². The molecule has 0 aromatic rings. The zero-order valence-electron chi connectivity index (χ0n) is 6.93. The Hall–Kier alpha value is -1.59. The minimum absolute atomic E-state index is 0.403. The summed E-state index contributed by atoms with van der Waals surface area (Å²) in [5, 5.41) is 25.2. The largest absolute Gasteiger partial charge is 0.481 e. The first-order valence-electron chi connectivity index (χ1n) is 3.54. The minimum atomic E-state index is -1.65. The van der Waals surface area contributed by atoms with E-state index in [2.05, 4.69) is 0 Å². The normalized spacial score (nSPS) is 12.5. The van der Waals surface area contributed by atoms with Gasteiger partial charge in [-0.3, -0.25) is 14.4 Å². The van der Waals surface area contributed by atoms with Gasteiger partial charge in [0.1, 0.15) is 0 Å². The van der Waals surface area contributed by atoms with E-state index in [1.807, 2.05) is 0 Å². The second-order valence-corrected chi connectivity index (χ2v) is 2.70. The second kappa shape index (κ2) is 4.44. The van der Waals surface area contributed by atoms with E-state index in [0.717, 1.165) is 0 Å². The highest BCUT2D eigenvalue weighted by Crippen LogP contribution is 2.12. The molecule has 0 rings (SSSR count). The maximum Gasteiger partial charge on any atom is 0.317 e. The lowest BCUT2D eigenvalue weighted by Crippen LogP contribution is -2.27. The fraction of sp³-hybridized carbons (Fsp3) is 0.571. The van der Waals surface area contributed by atoms with Crippen molar-refractivity contribution >= 4 is 17.9 Å². The van der Waals surface area contributed by atoms with Crippen LogP contribution < -0.4 is 0 Å². The van der Waals surface area contributed by atoms with Crippen molar-refractivity contribution in [2.75, 3.05) is 0 Å². The van der Waals surface area contributed by atoms with Crippen molar-refractivity contribution in [3.63, 3.8) is 0 Å². The van der Waals surface area contributed by atoms with Gasteiger partial charge in [0.2, 0.25) is 0 Å². The monoisotopic (exact) mass is 190 g/mol. The number of hydrogen-bond donors (Lipinski definition) is 3. The Morgan fingerprint density at radius 1 is 1.00 bits per heavy atom. The zero-order valence-corrected chi connectivity index (χ0v) is 6.93. The van der Waals surface area contributed by atoms with Crippen LogP contribution in [0, 0.1) is 11.8 Å². The molecule has 0 aromatic carbocycles. The smallest absolute Gasteiger partial charge is 0.317 e.